The fourth-order valence-electron chi connectivity index (χ4n) is 2.05. The summed E-state index contributed by atoms with van der Waals surface area (Å²) in [6, 6.07) is 6.30. The van der Waals surface area contributed by atoms with E-state index in [1.165, 1.54) is 21.3 Å². The molecule has 128 valence electrons. The molecule has 1 amide bonds. The first kappa shape index (κ1) is 18.4. The Morgan fingerprint density at radius 3 is 1.88 bits per heavy atom. The zero-order chi connectivity index (χ0) is 17.9. The van der Waals surface area contributed by atoms with Crippen LogP contribution in [0.3, 0.4) is 0 Å². The Kier molecular flexibility index (Phi) is 5.95. The first-order chi connectivity index (χ1) is 11.4. The van der Waals surface area contributed by atoms with Crippen LogP contribution < -0.4 is 19.5 Å². The van der Waals surface area contributed by atoms with Gasteiger partial charge in [0, 0.05) is 11.3 Å². The van der Waals surface area contributed by atoms with Crippen molar-refractivity contribution in [2.45, 2.75) is 0 Å². The molecule has 6 nitrogen and oxygen atoms in total. The van der Waals surface area contributed by atoms with Crippen molar-refractivity contribution in [2.75, 3.05) is 26.6 Å². The van der Waals surface area contributed by atoms with E-state index in [0.717, 1.165) is 0 Å². The molecule has 0 saturated heterocycles. The van der Waals surface area contributed by atoms with E-state index in [-0.39, 0.29) is 11.7 Å². The van der Waals surface area contributed by atoms with E-state index < -0.39 is 0 Å². The van der Waals surface area contributed by atoms with Crippen LogP contribution in [0, 0.1) is 0 Å². The summed E-state index contributed by atoms with van der Waals surface area (Å²) < 4.78 is 16.6. The number of phenolic OH excluding ortho intramolecular Hbond substituents is 1. The van der Waals surface area contributed by atoms with Crippen LogP contribution >= 0.6 is 31.9 Å². The molecule has 0 aliphatic rings. The molecule has 24 heavy (non-hydrogen) atoms. The van der Waals surface area contributed by atoms with Gasteiger partial charge in [0.05, 0.1) is 30.3 Å². The molecule has 0 fully saturated rings. The highest BCUT2D eigenvalue weighted by Crippen LogP contribution is 2.39. The summed E-state index contributed by atoms with van der Waals surface area (Å²) in [5.74, 6) is 0.872. The molecule has 2 aromatic rings. The number of nitrogens with one attached hydrogen (secondary N) is 1. The average Bonchev–Trinajstić information content (AvgIpc) is 2.57. The Bertz CT molecular complexity index is 731. The zero-order valence-corrected chi connectivity index (χ0v) is 16.3. The molecule has 0 saturated carbocycles. The number of hydrogen-bond donors (Lipinski definition) is 2. The van der Waals surface area contributed by atoms with Gasteiger partial charge in [-0.25, -0.2) is 0 Å². The predicted octanol–water partition coefficient (Wildman–Crippen LogP) is 4.20. The van der Waals surface area contributed by atoms with Crippen LogP contribution in [-0.2, 0) is 0 Å². The van der Waals surface area contributed by atoms with Crippen molar-refractivity contribution in [3.05, 3.63) is 38.8 Å². The Labute approximate surface area is 156 Å². The number of carbonyl (C=O) groups is 1. The van der Waals surface area contributed by atoms with Crippen LogP contribution in [0.1, 0.15) is 10.4 Å². The van der Waals surface area contributed by atoms with Crippen LogP contribution in [-0.4, -0.2) is 32.3 Å². The van der Waals surface area contributed by atoms with Crippen molar-refractivity contribution >= 4 is 43.5 Å². The molecule has 2 aromatic carbocycles. The lowest BCUT2D eigenvalue weighted by atomic mass is 10.1. The number of methoxy groups -OCH3 is 3. The van der Waals surface area contributed by atoms with Crippen molar-refractivity contribution in [1.82, 2.24) is 0 Å². The molecule has 0 heterocycles. The van der Waals surface area contributed by atoms with E-state index >= 15 is 0 Å². The van der Waals surface area contributed by atoms with E-state index in [0.29, 0.717) is 37.4 Å². The normalized spacial score (nSPS) is 10.2. The third-order valence-corrected chi connectivity index (χ3v) is 4.41. The van der Waals surface area contributed by atoms with E-state index in [2.05, 4.69) is 37.2 Å². The topological polar surface area (TPSA) is 77.0 Å². The third kappa shape index (κ3) is 3.76. The molecule has 2 N–H and O–H groups in total. The van der Waals surface area contributed by atoms with Gasteiger partial charge < -0.3 is 24.6 Å². The van der Waals surface area contributed by atoms with E-state index in [9.17, 15) is 9.90 Å². The van der Waals surface area contributed by atoms with Crippen molar-refractivity contribution in [1.29, 1.82) is 0 Å². The number of benzene rings is 2. The summed E-state index contributed by atoms with van der Waals surface area (Å²) >= 11 is 6.44. The predicted molar refractivity (Wildman–Crippen MR) is 97.6 cm³/mol. The van der Waals surface area contributed by atoms with Gasteiger partial charge >= 0.3 is 0 Å². The van der Waals surface area contributed by atoms with Gasteiger partial charge in [-0.15, -0.1) is 0 Å². The lowest BCUT2D eigenvalue weighted by molar-refractivity contribution is 0.102. The largest absolute Gasteiger partial charge is 0.506 e. The number of aromatic hydroxyl groups is 1. The minimum atomic E-state index is -0.362. The quantitative estimate of drug-likeness (QED) is 0.654. The van der Waals surface area contributed by atoms with Gasteiger partial charge in [-0.3, -0.25) is 4.79 Å². The molecule has 0 aliphatic carbocycles. The summed E-state index contributed by atoms with van der Waals surface area (Å²) in [4.78, 5) is 12.5. The number of amides is 1. The minimum absolute atomic E-state index is 0.0563. The molecule has 2 rings (SSSR count). The number of anilines is 1. The lowest BCUT2D eigenvalue weighted by Crippen LogP contribution is -2.12. The molecule has 0 atom stereocenters. The zero-order valence-electron chi connectivity index (χ0n) is 13.1. The number of halogens is 2. The maximum Gasteiger partial charge on any atom is 0.255 e. The highest BCUT2D eigenvalue weighted by molar-refractivity contribution is 9.11. The summed E-state index contributed by atoms with van der Waals surface area (Å²) in [5, 5.41) is 12.5. The van der Waals surface area contributed by atoms with Gasteiger partial charge in [0.2, 0.25) is 5.75 Å². The van der Waals surface area contributed by atoms with Crippen LogP contribution in [0.15, 0.2) is 33.2 Å². The standard InChI is InChI=1S/C16H15Br2NO5/c1-22-12-4-8(5-13(23-2)15(12)24-3)16(21)19-9-6-10(17)14(20)11(18)7-9/h4-7,20H,1-3H3,(H,19,21). The van der Waals surface area contributed by atoms with Crippen molar-refractivity contribution in [3.8, 4) is 23.0 Å². The van der Waals surface area contributed by atoms with Gasteiger partial charge in [0.1, 0.15) is 5.75 Å². The summed E-state index contributed by atoms with van der Waals surface area (Å²) in [5.41, 5.74) is 0.843. The van der Waals surface area contributed by atoms with Crippen molar-refractivity contribution in [2.24, 2.45) is 0 Å². The lowest BCUT2D eigenvalue weighted by Gasteiger charge is -2.14. The monoisotopic (exact) mass is 459 g/mol. The maximum atomic E-state index is 12.5. The van der Waals surface area contributed by atoms with Crippen molar-refractivity contribution in [3.63, 3.8) is 0 Å². The maximum absolute atomic E-state index is 12.5. The Hall–Kier alpha value is -1.93. The molecule has 0 unspecified atom stereocenters. The molecule has 0 aromatic heterocycles. The summed E-state index contributed by atoms with van der Waals surface area (Å²) in [6.07, 6.45) is 0. The van der Waals surface area contributed by atoms with Gasteiger partial charge in [-0.05, 0) is 56.1 Å². The van der Waals surface area contributed by atoms with Crippen LogP contribution in [0.5, 0.6) is 23.0 Å². The Balaban J connectivity index is 2.36. The van der Waals surface area contributed by atoms with E-state index in [4.69, 9.17) is 14.2 Å². The second-order valence-corrected chi connectivity index (χ2v) is 6.37. The third-order valence-electron chi connectivity index (χ3n) is 3.20. The van der Waals surface area contributed by atoms with E-state index in [1.54, 1.807) is 24.3 Å². The second-order valence-electron chi connectivity index (χ2n) is 4.66. The van der Waals surface area contributed by atoms with Crippen LogP contribution in [0.4, 0.5) is 5.69 Å². The van der Waals surface area contributed by atoms with Gasteiger partial charge in [0.15, 0.2) is 11.5 Å². The molecule has 0 spiro atoms. The number of rotatable bonds is 5. The molecule has 0 radical (unpaired) electrons. The molecule has 8 heteroatoms. The summed E-state index contributed by atoms with van der Waals surface area (Å²) in [6.45, 7) is 0. The molecule has 0 aliphatic heterocycles. The number of carbonyl (C=O) groups excluding carboxylic acids is 1. The SMILES string of the molecule is COc1cc(C(=O)Nc2cc(Br)c(O)c(Br)c2)cc(OC)c1OC. The minimum Gasteiger partial charge on any atom is -0.506 e. The second kappa shape index (κ2) is 7.76. The highest BCUT2D eigenvalue weighted by Gasteiger charge is 2.17. The summed E-state index contributed by atoms with van der Waals surface area (Å²) in [7, 11) is 4.45. The average molecular weight is 461 g/mol. The highest BCUT2D eigenvalue weighted by atomic mass is 79.9. The van der Waals surface area contributed by atoms with Gasteiger partial charge in [-0.1, -0.05) is 0 Å². The first-order valence-electron chi connectivity index (χ1n) is 6.70. The molecule has 0 bridgehead atoms. The fraction of sp³-hybridized carbons (Fsp3) is 0.188. The molecular formula is C16H15Br2NO5. The van der Waals surface area contributed by atoms with Gasteiger partial charge in [0.25, 0.3) is 5.91 Å². The number of ether oxygens (including phenoxy) is 3. The van der Waals surface area contributed by atoms with Crippen LogP contribution in [0.25, 0.3) is 0 Å². The van der Waals surface area contributed by atoms with E-state index in [1.807, 2.05) is 0 Å². The molecular weight excluding hydrogens is 446 g/mol. The number of hydrogen-bond acceptors (Lipinski definition) is 5. The fourth-order valence-corrected chi connectivity index (χ4v) is 3.24. The Morgan fingerprint density at radius 2 is 1.46 bits per heavy atom. The van der Waals surface area contributed by atoms with Crippen molar-refractivity contribution < 1.29 is 24.1 Å². The number of phenols is 1. The van der Waals surface area contributed by atoms with Gasteiger partial charge in [-0.2, -0.15) is 0 Å². The first-order valence-corrected chi connectivity index (χ1v) is 8.29. The Morgan fingerprint density at radius 1 is 0.958 bits per heavy atom. The van der Waals surface area contributed by atoms with Crippen LogP contribution in [0.2, 0.25) is 0 Å². The smallest absolute Gasteiger partial charge is 0.255 e.